The van der Waals surface area contributed by atoms with Crippen molar-refractivity contribution in [3.63, 3.8) is 0 Å². The number of aromatic nitrogens is 3. The number of ether oxygens (including phenoxy) is 1. The van der Waals surface area contributed by atoms with Crippen LogP contribution in [-0.4, -0.2) is 41.1 Å². The molecule has 0 unspecified atom stereocenters. The second-order valence-corrected chi connectivity index (χ2v) is 8.57. The maximum absolute atomic E-state index is 12.6. The fourth-order valence-electron chi connectivity index (χ4n) is 3.14. The fourth-order valence-corrected chi connectivity index (χ4v) is 4.83. The third-order valence-electron chi connectivity index (χ3n) is 4.80. The molecular formula is C20H17N5O2S2. The maximum Gasteiger partial charge on any atom is 0.232 e. The number of carbonyl (C=O) groups is 1. The highest BCUT2D eigenvalue weighted by atomic mass is 32.1. The molecule has 0 radical (unpaired) electrons. The molecule has 1 fully saturated rings. The summed E-state index contributed by atoms with van der Waals surface area (Å²) in [5.74, 6) is 0.725. The average molecular weight is 424 g/mol. The van der Waals surface area contributed by atoms with E-state index in [1.54, 1.807) is 30.8 Å². The van der Waals surface area contributed by atoms with Crippen molar-refractivity contribution in [2.75, 3.05) is 30.4 Å². The van der Waals surface area contributed by atoms with E-state index in [4.69, 9.17) is 4.74 Å². The lowest BCUT2D eigenvalue weighted by Gasteiger charge is -2.37. The predicted octanol–water partition coefficient (Wildman–Crippen LogP) is 3.90. The van der Waals surface area contributed by atoms with Gasteiger partial charge in [0.25, 0.3) is 0 Å². The molecule has 1 aliphatic rings. The molecule has 5 rings (SSSR count). The lowest BCUT2D eigenvalue weighted by molar-refractivity contribution is -0.120. The zero-order valence-corrected chi connectivity index (χ0v) is 17.2. The van der Waals surface area contributed by atoms with E-state index >= 15 is 0 Å². The van der Waals surface area contributed by atoms with Crippen LogP contribution in [0.5, 0.6) is 5.75 Å². The quantitative estimate of drug-likeness (QED) is 0.524. The second kappa shape index (κ2) is 7.41. The zero-order valence-electron chi connectivity index (χ0n) is 15.5. The van der Waals surface area contributed by atoms with Gasteiger partial charge in [-0.15, -0.1) is 11.3 Å². The van der Waals surface area contributed by atoms with Crippen LogP contribution in [0.15, 0.2) is 48.1 Å². The van der Waals surface area contributed by atoms with Crippen LogP contribution in [0.25, 0.3) is 21.5 Å². The van der Waals surface area contributed by atoms with Crippen LogP contribution in [0, 0.1) is 5.92 Å². The summed E-state index contributed by atoms with van der Waals surface area (Å²) in [6.07, 6.45) is 3.49. The second-order valence-electron chi connectivity index (χ2n) is 6.70. The number of carbonyl (C=O) groups excluding carboxylic acids is 1. The molecule has 1 aliphatic heterocycles. The van der Waals surface area contributed by atoms with Gasteiger partial charge >= 0.3 is 0 Å². The van der Waals surface area contributed by atoms with Crippen molar-refractivity contribution in [3.8, 4) is 17.0 Å². The number of fused-ring (bicyclic) bond motifs is 1. The van der Waals surface area contributed by atoms with Crippen molar-refractivity contribution >= 4 is 49.1 Å². The van der Waals surface area contributed by atoms with Crippen LogP contribution in [0.3, 0.4) is 0 Å². The van der Waals surface area contributed by atoms with Gasteiger partial charge in [0, 0.05) is 42.5 Å². The largest absolute Gasteiger partial charge is 0.497 e. The molecule has 0 atom stereocenters. The van der Waals surface area contributed by atoms with Gasteiger partial charge in [-0.05, 0) is 24.3 Å². The number of pyridine rings is 1. The van der Waals surface area contributed by atoms with Crippen molar-refractivity contribution in [2.24, 2.45) is 5.92 Å². The first kappa shape index (κ1) is 18.0. The van der Waals surface area contributed by atoms with Crippen molar-refractivity contribution in [3.05, 3.63) is 48.1 Å². The minimum Gasteiger partial charge on any atom is -0.497 e. The number of nitrogens with zero attached hydrogens (tertiary/aromatic N) is 4. The van der Waals surface area contributed by atoms with Crippen molar-refractivity contribution in [1.82, 2.24) is 15.0 Å². The molecule has 3 aromatic heterocycles. The number of hydrogen-bond donors (Lipinski definition) is 1. The van der Waals surface area contributed by atoms with E-state index in [2.05, 4.69) is 25.2 Å². The van der Waals surface area contributed by atoms with Gasteiger partial charge in [-0.3, -0.25) is 9.78 Å². The summed E-state index contributed by atoms with van der Waals surface area (Å²) in [6, 6.07) is 9.70. The lowest BCUT2D eigenvalue weighted by atomic mass is 10.0. The smallest absolute Gasteiger partial charge is 0.232 e. The topological polar surface area (TPSA) is 80.2 Å². The zero-order chi connectivity index (χ0) is 19.8. The first-order valence-corrected chi connectivity index (χ1v) is 10.8. The molecule has 0 saturated carbocycles. The summed E-state index contributed by atoms with van der Waals surface area (Å²) in [4.78, 5) is 28.0. The number of thiazole rings is 2. The molecule has 0 aliphatic carbocycles. The number of hydrogen-bond acceptors (Lipinski definition) is 8. The van der Waals surface area contributed by atoms with Crippen molar-refractivity contribution in [1.29, 1.82) is 0 Å². The van der Waals surface area contributed by atoms with E-state index in [1.807, 2.05) is 35.7 Å². The Morgan fingerprint density at radius 1 is 1.28 bits per heavy atom. The highest BCUT2D eigenvalue weighted by molar-refractivity contribution is 7.22. The number of anilines is 2. The Morgan fingerprint density at radius 3 is 2.97 bits per heavy atom. The van der Waals surface area contributed by atoms with Gasteiger partial charge in [0.05, 0.1) is 28.9 Å². The van der Waals surface area contributed by atoms with E-state index in [0.717, 1.165) is 32.4 Å². The molecule has 29 heavy (non-hydrogen) atoms. The molecule has 1 N–H and O–H groups in total. The Bertz CT molecular complexity index is 1170. The molecule has 4 heterocycles. The van der Waals surface area contributed by atoms with Crippen molar-refractivity contribution in [2.45, 2.75) is 0 Å². The predicted molar refractivity (Wildman–Crippen MR) is 116 cm³/mol. The SMILES string of the molecule is COc1ccc2sc(N3CC(C(=O)Nc4nc(-c5cccnc5)cs4)C3)nc2c1. The van der Waals surface area contributed by atoms with E-state index in [1.165, 1.54) is 11.3 Å². The Labute approximate surface area is 175 Å². The third kappa shape index (κ3) is 3.54. The fraction of sp³-hybridized carbons (Fsp3) is 0.200. The summed E-state index contributed by atoms with van der Waals surface area (Å²) < 4.78 is 6.37. The van der Waals surface area contributed by atoms with Crippen LogP contribution in [-0.2, 0) is 4.79 Å². The van der Waals surface area contributed by atoms with Gasteiger partial charge in [-0.1, -0.05) is 11.3 Å². The number of benzene rings is 1. The van der Waals surface area contributed by atoms with Gasteiger partial charge in [-0.2, -0.15) is 0 Å². The normalized spacial score (nSPS) is 14.0. The van der Waals surface area contributed by atoms with Crippen LogP contribution < -0.4 is 15.0 Å². The highest BCUT2D eigenvalue weighted by Crippen LogP contribution is 2.35. The standard InChI is InChI=1S/C20H17N5O2S2/c1-27-14-4-5-17-15(7-14)23-20(29-17)25-9-13(10-25)18(26)24-19-22-16(11-28-19)12-3-2-6-21-8-12/h2-8,11,13H,9-10H2,1H3,(H,22,24,26). The van der Waals surface area contributed by atoms with Crippen LogP contribution in [0.4, 0.5) is 10.3 Å². The summed E-state index contributed by atoms with van der Waals surface area (Å²) in [5, 5.41) is 6.41. The maximum atomic E-state index is 12.6. The molecule has 9 heteroatoms. The number of nitrogens with one attached hydrogen (secondary N) is 1. The Hall–Kier alpha value is -3.04. The highest BCUT2D eigenvalue weighted by Gasteiger charge is 2.34. The molecule has 0 spiro atoms. The number of amides is 1. The Kier molecular flexibility index (Phi) is 4.61. The molecule has 146 valence electrons. The molecule has 1 aromatic carbocycles. The first-order valence-electron chi connectivity index (χ1n) is 9.06. The van der Waals surface area contributed by atoms with Gasteiger partial charge in [0.1, 0.15) is 5.75 Å². The summed E-state index contributed by atoms with van der Waals surface area (Å²) in [7, 11) is 1.65. The van der Waals surface area contributed by atoms with Gasteiger partial charge in [0.15, 0.2) is 10.3 Å². The number of methoxy groups -OCH3 is 1. The van der Waals surface area contributed by atoms with Crippen molar-refractivity contribution < 1.29 is 9.53 Å². The van der Waals surface area contributed by atoms with E-state index in [9.17, 15) is 4.79 Å². The molecule has 0 bridgehead atoms. The van der Waals surface area contributed by atoms with Crippen LogP contribution in [0.2, 0.25) is 0 Å². The molecule has 4 aromatic rings. The first-order chi connectivity index (χ1) is 14.2. The van der Waals surface area contributed by atoms with Crippen LogP contribution in [0.1, 0.15) is 0 Å². The summed E-state index contributed by atoms with van der Waals surface area (Å²) in [5.41, 5.74) is 2.67. The minimum atomic E-state index is -0.0673. The molecule has 1 amide bonds. The molecule has 1 saturated heterocycles. The Balaban J connectivity index is 1.21. The van der Waals surface area contributed by atoms with Gasteiger partial charge in [0.2, 0.25) is 5.91 Å². The summed E-state index contributed by atoms with van der Waals surface area (Å²) >= 11 is 3.05. The van der Waals surface area contributed by atoms with E-state index in [-0.39, 0.29) is 11.8 Å². The Morgan fingerprint density at radius 2 is 2.17 bits per heavy atom. The monoisotopic (exact) mass is 423 g/mol. The van der Waals surface area contributed by atoms with Crippen LogP contribution >= 0.6 is 22.7 Å². The van der Waals surface area contributed by atoms with Gasteiger partial charge in [-0.25, -0.2) is 9.97 Å². The van der Waals surface area contributed by atoms with E-state index < -0.39 is 0 Å². The lowest BCUT2D eigenvalue weighted by Crippen LogP contribution is -2.52. The molecule has 7 nitrogen and oxygen atoms in total. The average Bonchev–Trinajstić information content (AvgIpc) is 3.33. The third-order valence-corrected chi connectivity index (χ3v) is 6.65. The number of rotatable bonds is 5. The van der Waals surface area contributed by atoms with E-state index in [0.29, 0.717) is 18.2 Å². The minimum absolute atomic E-state index is 0.00360. The van der Waals surface area contributed by atoms with Gasteiger partial charge < -0.3 is 15.0 Å². The summed E-state index contributed by atoms with van der Waals surface area (Å²) in [6.45, 7) is 1.31. The molecular weight excluding hydrogens is 406 g/mol.